The molecular weight excluding hydrogens is 313 g/mol. The zero-order valence-electron chi connectivity index (χ0n) is 11.9. The van der Waals surface area contributed by atoms with Crippen molar-refractivity contribution in [2.45, 2.75) is 24.7 Å². The van der Waals surface area contributed by atoms with Crippen LogP contribution in [0.2, 0.25) is 0 Å². The lowest BCUT2D eigenvalue weighted by molar-refractivity contribution is -0.137. The van der Waals surface area contributed by atoms with Crippen LogP contribution in [0.4, 0.5) is 18.9 Å². The van der Waals surface area contributed by atoms with Crippen molar-refractivity contribution in [2.75, 3.05) is 18.9 Å². The zero-order valence-corrected chi connectivity index (χ0v) is 11.9. The summed E-state index contributed by atoms with van der Waals surface area (Å²) in [7, 11) is 0. The van der Waals surface area contributed by atoms with Crippen LogP contribution in [-0.4, -0.2) is 45.5 Å². The van der Waals surface area contributed by atoms with Gasteiger partial charge in [-0.15, -0.1) is 0 Å². The Morgan fingerprint density at radius 2 is 2.22 bits per heavy atom. The fourth-order valence-electron chi connectivity index (χ4n) is 3.22. The molecule has 2 aliphatic rings. The van der Waals surface area contributed by atoms with Gasteiger partial charge >= 0.3 is 6.18 Å². The Labute approximate surface area is 128 Å². The largest absolute Gasteiger partial charge is 0.417 e. The molecule has 9 heteroatoms. The van der Waals surface area contributed by atoms with E-state index < -0.39 is 11.7 Å². The first-order chi connectivity index (χ1) is 10.8. The number of aromatic nitrogens is 2. The van der Waals surface area contributed by atoms with Crippen LogP contribution >= 0.6 is 0 Å². The molecule has 0 aliphatic carbocycles. The molecule has 2 N–H and O–H groups in total. The number of nitrogens with two attached hydrogens (primary N) is 1. The van der Waals surface area contributed by atoms with E-state index in [1.165, 1.54) is 6.20 Å². The number of carbonyl (C=O) groups excluding carboxylic acids is 1. The maximum absolute atomic E-state index is 13.0. The van der Waals surface area contributed by atoms with E-state index in [0.717, 1.165) is 23.1 Å². The maximum atomic E-state index is 13.0. The lowest BCUT2D eigenvalue weighted by Crippen LogP contribution is -2.41. The number of carbonyl (C=O) groups is 1. The van der Waals surface area contributed by atoms with Gasteiger partial charge in [0.15, 0.2) is 5.65 Å². The maximum Gasteiger partial charge on any atom is 0.417 e. The highest BCUT2D eigenvalue weighted by Gasteiger charge is 2.42. The molecule has 122 valence electrons. The summed E-state index contributed by atoms with van der Waals surface area (Å²) in [5, 5.41) is 0. The number of nitrogen functional groups attached to an aromatic ring is 1. The van der Waals surface area contributed by atoms with Crippen LogP contribution in [0, 0.1) is 0 Å². The van der Waals surface area contributed by atoms with Crippen LogP contribution in [0.1, 0.15) is 22.5 Å². The molecule has 0 saturated carbocycles. The Kier molecular flexibility index (Phi) is 2.87. The molecule has 0 aromatic carbocycles. The number of anilines is 1. The second kappa shape index (κ2) is 4.60. The Morgan fingerprint density at radius 3 is 2.83 bits per heavy atom. The van der Waals surface area contributed by atoms with Crippen LogP contribution in [0.15, 0.2) is 18.5 Å². The number of morpholine rings is 1. The molecule has 0 unspecified atom stereocenters. The van der Waals surface area contributed by atoms with Crippen molar-refractivity contribution in [3.63, 3.8) is 0 Å². The summed E-state index contributed by atoms with van der Waals surface area (Å²) in [5.41, 5.74) is 4.83. The Hall–Kier alpha value is -2.29. The minimum absolute atomic E-state index is 0.0129. The van der Waals surface area contributed by atoms with E-state index in [9.17, 15) is 18.0 Å². The number of hydrogen-bond acceptors (Lipinski definition) is 4. The number of amides is 1. The lowest BCUT2D eigenvalue weighted by Gasteiger charge is -2.26. The highest BCUT2D eigenvalue weighted by atomic mass is 19.4. The van der Waals surface area contributed by atoms with Gasteiger partial charge in [0.25, 0.3) is 5.91 Å². The second-order valence-corrected chi connectivity index (χ2v) is 5.82. The number of likely N-dealkylation sites (tertiary alicyclic amines) is 1. The van der Waals surface area contributed by atoms with Crippen molar-refractivity contribution in [3.05, 3.63) is 29.7 Å². The summed E-state index contributed by atoms with van der Waals surface area (Å²) in [6.07, 6.45) is -1.65. The summed E-state index contributed by atoms with van der Waals surface area (Å²) in [4.78, 5) is 18.3. The Bertz CT molecular complexity index is 801. The molecule has 4 rings (SSSR count). The number of rotatable bonds is 1. The third-order valence-corrected chi connectivity index (χ3v) is 4.34. The number of fused-ring (bicyclic) bond motifs is 3. The molecule has 23 heavy (non-hydrogen) atoms. The molecule has 1 amide bonds. The van der Waals surface area contributed by atoms with Gasteiger partial charge in [-0.3, -0.25) is 9.20 Å². The SMILES string of the molecule is Nc1cc(C(F)(F)F)cn2c(C(=O)N3C[C@@H]4C[C@H]3CO4)cnc12. The molecule has 2 aliphatic heterocycles. The summed E-state index contributed by atoms with van der Waals surface area (Å²) in [6.45, 7) is 0.911. The van der Waals surface area contributed by atoms with E-state index in [1.807, 2.05) is 0 Å². The van der Waals surface area contributed by atoms with E-state index in [0.29, 0.717) is 13.2 Å². The fraction of sp³-hybridized carbons (Fsp3) is 0.429. The third-order valence-electron chi connectivity index (χ3n) is 4.34. The monoisotopic (exact) mass is 326 g/mol. The quantitative estimate of drug-likeness (QED) is 0.863. The van der Waals surface area contributed by atoms with Gasteiger partial charge in [0.1, 0.15) is 5.69 Å². The number of hydrogen-bond donors (Lipinski definition) is 1. The first kappa shape index (κ1) is 14.3. The number of ether oxygens (including phenoxy) is 1. The van der Waals surface area contributed by atoms with Gasteiger partial charge in [0, 0.05) is 12.7 Å². The average molecular weight is 326 g/mol. The molecule has 2 bridgehead atoms. The number of nitrogens with zero attached hydrogens (tertiary/aromatic N) is 3. The van der Waals surface area contributed by atoms with E-state index in [2.05, 4.69) is 4.98 Å². The molecule has 2 aromatic heterocycles. The normalized spacial score (nSPS) is 23.9. The van der Waals surface area contributed by atoms with Gasteiger partial charge in [0.2, 0.25) is 0 Å². The first-order valence-corrected chi connectivity index (χ1v) is 7.11. The Balaban J connectivity index is 1.78. The van der Waals surface area contributed by atoms with Crippen LogP contribution in [0.3, 0.4) is 0 Å². The van der Waals surface area contributed by atoms with Gasteiger partial charge in [-0.05, 0) is 12.5 Å². The van der Waals surface area contributed by atoms with Crippen molar-refractivity contribution in [1.82, 2.24) is 14.3 Å². The number of imidazole rings is 1. The number of halogens is 3. The van der Waals surface area contributed by atoms with E-state index in [1.54, 1.807) is 4.90 Å². The van der Waals surface area contributed by atoms with Gasteiger partial charge in [-0.1, -0.05) is 0 Å². The molecular formula is C14H13F3N4O2. The molecule has 0 spiro atoms. The average Bonchev–Trinajstić information content (AvgIpc) is 3.20. The highest BCUT2D eigenvalue weighted by Crippen LogP contribution is 2.33. The minimum atomic E-state index is -4.55. The first-order valence-electron chi connectivity index (χ1n) is 7.11. The lowest BCUT2D eigenvalue weighted by atomic mass is 10.2. The van der Waals surface area contributed by atoms with Crippen molar-refractivity contribution < 1.29 is 22.7 Å². The van der Waals surface area contributed by atoms with Crippen molar-refractivity contribution in [1.29, 1.82) is 0 Å². The molecule has 0 radical (unpaired) electrons. The predicted molar refractivity (Wildman–Crippen MR) is 73.8 cm³/mol. The van der Waals surface area contributed by atoms with Crippen LogP contribution in [0.25, 0.3) is 5.65 Å². The number of alkyl halides is 3. The minimum Gasteiger partial charge on any atom is -0.396 e. The van der Waals surface area contributed by atoms with Crippen molar-refractivity contribution in [3.8, 4) is 0 Å². The topological polar surface area (TPSA) is 72.9 Å². The van der Waals surface area contributed by atoms with Gasteiger partial charge in [-0.25, -0.2) is 4.98 Å². The smallest absolute Gasteiger partial charge is 0.396 e. The zero-order chi connectivity index (χ0) is 16.4. The number of pyridine rings is 1. The van der Waals surface area contributed by atoms with Crippen LogP contribution in [0.5, 0.6) is 0 Å². The molecule has 2 fully saturated rings. The third kappa shape index (κ3) is 2.14. The summed E-state index contributed by atoms with van der Waals surface area (Å²) in [5.74, 6) is -0.355. The van der Waals surface area contributed by atoms with Gasteiger partial charge in [-0.2, -0.15) is 13.2 Å². The van der Waals surface area contributed by atoms with E-state index in [4.69, 9.17) is 10.5 Å². The van der Waals surface area contributed by atoms with E-state index in [-0.39, 0.29) is 35.1 Å². The van der Waals surface area contributed by atoms with Crippen LogP contribution < -0.4 is 5.73 Å². The fourth-order valence-corrected chi connectivity index (χ4v) is 3.22. The molecule has 4 heterocycles. The van der Waals surface area contributed by atoms with Gasteiger partial charge in [0.05, 0.1) is 36.2 Å². The predicted octanol–water partition coefficient (Wildman–Crippen LogP) is 1.55. The second-order valence-electron chi connectivity index (χ2n) is 5.82. The summed E-state index contributed by atoms with van der Waals surface area (Å²) in [6, 6.07) is 0.795. The summed E-state index contributed by atoms with van der Waals surface area (Å²) < 4.78 is 45.4. The summed E-state index contributed by atoms with van der Waals surface area (Å²) >= 11 is 0. The van der Waals surface area contributed by atoms with Gasteiger partial charge < -0.3 is 15.4 Å². The van der Waals surface area contributed by atoms with Crippen molar-refractivity contribution in [2.24, 2.45) is 0 Å². The highest BCUT2D eigenvalue weighted by molar-refractivity contribution is 5.94. The van der Waals surface area contributed by atoms with Crippen molar-refractivity contribution >= 4 is 17.2 Å². The molecule has 2 aromatic rings. The van der Waals surface area contributed by atoms with E-state index >= 15 is 0 Å². The molecule has 6 nitrogen and oxygen atoms in total. The Morgan fingerprint density at radius 1 is 1.43 bits per heavy atom. The molecule has 2 saturated heterocycles. The standard InChI is InChI=1S/C14H13F3N4O2/c15-14(16,17)7-1-10(18)12-19-3-11(21(12)4-7)13(22)20-5-9-2-8(20)6-23-9/h1,3-4,8-9H,2,5-6,18H2/t8-,9-/m0/s1. The van der Waals surface area contributed by atoms with Crippen LogP contribution in [-0.2, 0) is 10.9 Å². The molecule has 2 atom stereocenters.